The number of piperidine rings is 1. The molecule has 1 aromatic heterocycles. The van der Waals surface area contributed by atoms with E-state index in [1.54, 1.807) is 35.2 Å². The predicted molar refractivity (Wildman–Crippen MR) is 111 cm³/mol. The van der Waals surface area contributed by atoms with Crippen molar-refractivity contribution >= 4 is 18.1 Å². The molecule has 0 atom stereocenters. The van der Waals surface area contributed by atoms with Gasteiger partial charge in [-0.1, -0.05) is 13.8 Å². The van der Waals surface area contributed by atoms with Crippen LogP contribution in [0.15, 0.2) is 36.5 Å². The first-order valence-corrected chi connectivity index (χ1v) is 9.87. The molecule has 1 aliphatic rings. The summed E-state index contributed by atoms with van der Waals surface area (Å²) in [5.41, 5.74) is 2.86. The van der Waals surface area contributed by atoms with E-state index in [9.17, 15) is 14.0 Å². The number of halogens is 1. The third-order valence-corrected chi connectivity index (χ3v) is 5.41. The second-order valence-corrected chi connectivity index (χ2v) is 7.77. The standard InChI is InChI=1S/C22H27FN4O2/c1-15(2)16-10-17(12-18(23)11-16)21-5-4-19(13-24-21)25-22(29)26(3)20-6-8-27(14-28)9-7-20/h4-5,10-15,20H,6-9H2,1-3H3,(H,25,29). The Bertz CT molecular complexity index is 862. The molecule has 6 nitrogen and oxygen atoms in total. The SMILES string of the molecule is CC(C)c1cc(F)cc(-c2ccc(NC(=O)N(C)C3CCN(C=O)CC3)cn2)c1. The van der Waals surface area contributed by atoms with Crippen molar-refractivity contribution in [2.24, 2.45) is 0 Å². The maximum Gasteiger partial charge on any atom is 0.321 e. The van der Waals surface area contributed by atoms with Crippen molar-refractivity contribution in [1.29, 1.82) is 0 Å². The van der Waals surface area contributed by atoms with Crippen LogP contribution in [-0.2, 0) is 4.79 Å². The van der Waals surface area contributed by atoms with Gasteiger partial charge >= 0.3 is 6.03 Å². The van der Waals surface area contributed by atoms with Crippen LogP contribution in [-0.4, -0.2) is 53.4 Å². The number of carbonyl (C=O) groups is 2. The zero-order valence-corrected chi connectivity index (χ0v) is 17.1. The van der Waals surface area contributed by atoms with Crippen LogP contribution in [0.1, 0.15) is 38.2 Å². The van der Waals surface area contributed by atoms with Gasteiger partial charge in [-0.15, -0.1) is 0 Å². The first kappa shape index (κ1) is 20.8. The van der Waals surface area contributed by atoms with E-state index >= 15 is 0 Å². The molecule has 1 aromatic carbocycles. The Morgan fingerprint density at radius 2 is 2.00 bits per heavy atom. The fourth-order valence-electron chi connectivity index (χ4n) is 3.49. The molecular weight excluding hydrogens is 371 g/mol. The number of aromatic nitrogens is 1. The molecule has 0 spiro atoms. The lowest BCUT2D eigenvalue weighted by molar-refractivity contribution is -0.119. The number of hydrogen-bond donors (Lipinski definition) is 1. The van der Waals surface area contributed by atoms with Crippen molar-refractivity contribution in [3.8, 4) is 11.3 Å². The number of carbonyl (C=O) groups excluding carboxylic acids is 2. The van der Waals surface area contributed by atoms with E-state index in [4.69, 9.17) is 0 Å². The van der Waals surface area contributed by atoms with Gasteiger partial charge in [0.2, 0.25) is 6.41 Å². The van der Waals surface area contributed by atoms with Crippen molar-refractivity contribution in [2.75, 3.05) is 25.5 Å². The third kappa shape index (κ3) is 5.10. The van der Waals surface area contributed by atoms with Gasteiger partial charge < -0.3 is 15.1 Å². The van der Waals surface area contributed by atoms with Gasteiger partial charge in [0.15, 0.2) is 0 Å². The molecule has 1 aliphatic heterocycles. The summed E-state index contributed by atoms with van der Waals surface area (Å²) in [6.07, 6.45) is 3.96. The molecule has 0 bridgehead atoms. The first-order valence-electron chi connectivity index (χ1n) is 9.87. The Kier molecular flexibility index (Phi) is 6.46. The number of urea groups is 1. The highest BCUT2D eigenvalue weighted by atomic mass is 19.1. The average Bonchev–Trinajstić information content (AvgIpc) is 2.73. The summed E-state index contributed by atoms with van der Waals surface area (Å²) in [7, 11) is 1.76. The van der Waals surface area contributed by atoms with Crippen molar-refractivity contribution in [1.82, 2.24) is 14.8 Å². The van der Waals surface area contributed by atoms with Crippen molar-refractivity contribution in [3.05, 3.63) is 47.9 Å². The molecule has 0 unspecified atom stereocenters. The van der Waals surface area contributed by atoms with E-state index in [0.29, 0.717) is 30.0 Å². The summed E-state index contributed by atoms with van der Waals surface area (Å²) in [6.45, 7) is 5.36. The lowest BCUT2D eigenvalue weighted by atomic mass is 9.99. The minimum absolute atomic E-state index is 0.0974. The van der Waals surface area contributed by atoms with Gasteiger partial charge in [0, 0.05) is 31.7 Å². The summed E-state index contributed by atoms with van der Waals surface area (Å²) in [6, 6.07) is 8.37. The summed E-state index contributed by atoms with van der Waals surface area (Å²) in [5.74, 6) is -0.0652. The molecule has 1 N–H and O–H groups in total. The van der Waals surface area contributed by atoms with Crippen LogP contribution in [0.2, 0.25) is 0 Å². The predicted octanol–water partition coefficient (Wildman–Crippen LogP) is 4.10. The maximum absolute atomic E-state index is 13.9. The molecule has 0 radical (unpaired) electrons. The van der Waals surface area contributed by atoms with E-state index in [0.717, 1.165) is 24.8 Å². The van der Waals surface area contributed by atoms with E-state index < -0.39 is 0 Å². The summed E-state index contributed by atoms with van der Waals surface area (Å²) < 4.78 is 13.9. The second-order valence-electron chi connectivity index (χ2n) is 7.77. The molecule has 154 valence electrons. The number of pyridine rings is 1. The van der Waals surface area contributed by atoms with Crippen molar-refractivity contribution in [2.45, 2.75) is 38.6 Å². The molecule has 0 saturated carbocycles. The normalized spacial score (nSPS) is 14.7. The van der Waals surface area contributed by atoms with Gasteiger partial charge in [0.1, 0.15) is 5.82 Å². The van der Waals surface area contributed by atoms with Crippen molar-refractivity contribution < 1.29 is 14.0 Å². The number of nitrogens with zero attached hydrogens (tertiary/aromatic N) is 3. The number of rotatable bonds is 5. The van der Waals surface area contributed by atoms with Gasteiger partial charge in [-0.05, 0) is 54.7 Å². The highest BCUT2D eigenvalue weighted by molar-refractivity contribution is 5.89. The van der Waals surface area contributed by atoms with Crippen LogP contribution in [0, 0.1) is 5.82 Å². The Labute approximate surface area is 170 Å². The van der Waals surface area contributed by atoms with Crippen molar-refractivity contribution in [3.63, 3.8) is 0 Å². The minimum Gasteiger partial charge on any atom is -0.345 e. The van der Waals surface area contributed by atoms with E-state index in [1.807, 2.05) is 19.9 Å². The first-order chi connectivity index (χ1) is 13.9. The van der Waals surface area contributed by atoms with E-state index in [1.165, 1.54) is 12.1 Å². The zero-order valence-electron chi connectivity index (χ0n) is 17.1. The van der Waals surface area contributed by atoms with Crippen LogP contribution < -0.4 is 5.32 Å². The van der Waals surface area contributed by atoms with Crippen LogP contribution in [0.4, 0.5) is 14.9 Å². The molecule has 2 aromatic rings. The largest absolute Gasteiger partial charge is 0.345 e. The lowest BCUT2D eigenvalue weighted by Crippen LogP contribution is -2.46. The Morgan fingerprint density at radius 1 is 1.28 bits per heavy atom. The number of amides is 3. The molecule has 3 rings (SSSR count). The summed E-state index contributed by atoms with van der Waals surface area (Å²) in [5, 5.41) is 2.85. The average molecular weight is 398 g/mol. The zero-order chi connectivity index (χ0) is 21.0. The molecule has 3 amide bonds. The number of hydrogen-bond acceptors (Lipinski definition) is 3. The smallest absolute Gasteiger partial charge is 0.321 e. The maximum atomic E-state index is 13.9. The Balaban J connectivity index is 1.65. The highest BCUT2D eigenvalue weighted by Gasteiger charge is 2.24. The lowest BCUT2D eigenvalue weighted by Gasteiger charge is -2.35. The van der Waals surface area contributed by atoms with E-state index in [-0.39, 0.29) is 23.8 Å². The van der Waals surface area contributed by atoms with Crippen LogP contribution >= 0.6 is 0 Å². The minimum atomic E-state index is -0.285. The fourth-order valence-corrected chi connectivity index (χ4v) is 3.49. The van der Waals surface area contributed by atoms with Gasteiger partial charge in [-0.25, -0.2) is 9.18 Å². The molecule has 0 aliphatic carbocycles. The fraction of sp³-hybridized carbons (Fsp3) is 0.409. The third-order valence-electron chi connectivity index (χ3n) is 5.41. The molecule has 7 heteroatoms. The summed E-state index contributed by atoms with van der Waals surface area (Å²) >= 11 is 0. The molecule has 1 saturated heterocycles. The Morgan fingerprint density at radius 3 is 2.59 bits per heavy atom. The highest BCUT2D eigenvalue weighted by Crippen LogP contribution is 2.25. The van der Waals surface area contributed by atoms with Gasteiger partial charge in [-0.3, -0.25) is 9.78 Å². The van der Waals surface area contributed by atoms with Crippen LogP contribution in [0.3, 0.4) is 0 Å². The quantitative estimate of drug-likeness (QED) is 0.772. The second kappa shape index (κ2) is 9.03. The number of benzene rings is 1. The van der Waals surface area contributed by atoms with Gasteiger partial charge in [-0.2, -0.15) is 0 Å². The van der Waals surface area contributed by atoms with Gasteiger partial charge in [0.25, 0.3) is 0 Å². The topological polar surface area (TPSA) is 65.5 Å². The van der Waals surface area contributed by atoms with Crippen LogP contribution in [0.5, 0.6) is 0 Å². The summed E-state index contributed by atoms with van der Waals surface area (Å²) in [4.78, 5) is 31.1. The Hall–Kier alpha value is -2.96. The number of anilines is 1. The number of nitrogens with one attached hydrogen (secondary N) is 1. The monoisotopic (exact) mass is 398 g/mol. The van der Waals surface area contributed by atoms with E-state index in [2.05, 4.69) is 10.3 Å². The van der Waals surface area contributed by atoms with Gasteiger partial charge in [0.05, 0.1) is 17.6 Å². The molecule has 29 heavy (non-hydrogen) atoms. The molecule has 2 heterocycles. The number of likely N-dealkylation sites (tertiary alicyclic amines) is 1. The molecular formula is C22H27FN4O2. The van der Waals surface area contributed by atoms with Crippen LogP contribution in [0.25, 0.3) is 11.3 Å². The molecule has 1 fully saturated rings.